The molecular weight excluding hydrogens is 224 g/mol. The maximum absolute atomic E-state index is 12.3. The molecule has 0 saturated carbocycles. The molecule has 0 aliphatic heterocycles. The molecule has 96 valence electrons. The summed E-state index contributed by atoms with van der Waals surface area (Å²) in [6.45, 7) is 8.32. The van der Waals surface area contributed by atoms with E-state index in [0.29, 0.717) is 6.42 Å². The molecule has 1 aromatic carbocycles. The molecule has 0 saturated heterocycles. The van der Waals surface area contributed by atoms with Crippen LogP contribution in [0.25, 0.3) is 6.08 Å². The van der Waals surface area contributed by atoms with E-state index in [-0.39, 0.29) is 11.2 Å². The number of carbonyl (C=O) groups excluding carboxylic acids is 1. The van der Waals surface area contributed by atoms with Crippen LogP contribution in [0.4, 0.5) is 0 Å². The zero-order valence-corrected chi connectivity index (χ0v) is 11.8. The van der Waals surface area contributed by atoms with Crippen molar-refractivity contribution in [2.24, 2.45) is 5.41 Å². The Morgan fingerprint density at radius 3 is 2.44 bits per heavy atom. The molecule has 1 aromatic rings. The van der Waals surface area contributed by atoms with Crippen LogP contribution in [0.2, 0.25) is 0 Å². The smallest absolute Gasteiger partial charge is 0.163 e. The summed E-state index contributed by atoms with van der Waals surface area (Å²) in [4.78, 5) is 12.3. The largest absolute Gasteiger partial charge is 0.496 e. The fourth-order valence-electron chi connectivity index (χ4n) is 2.45. The zero-order valence-electron chi connectivity index (χ0n) is 11.8. The highest BCUT2D eigenvalue weighted by Crippen LogP contribution is 2.37. The van der Waals surface area contributed by atoms with Crippen molar-refractivity contribution in [3.63, 3.8) is 0 Å². The lowest BCUT2D eigenvalue weighted by atomic mass is 9.77. The highest BCUT2D eigenvalue weighted by atomic mass is 16.5. The lowest BCUT2D eigenvalue weighted by Gasteiger charge is -2.27. The topological polar surface area (TPSA) is 26.3 Å². The van der Waals surface area contributed by atoms with Crippen LogP contribution >= 0.6 is 0 Å². The SMILES string of the molecule is COc1ccc(C)c2c1CC(=O)C(C(C)(C)C)=C2. The molecule has 2 heteroatoms. The number of hydrogen-bond donors (Lipinski definition) is 0. The van der Waals surface area contributed by atoms with Crippen molar-refractivity contribution in [3.05, 3.63) is 34.4 Å². The molecule has 1 aliphatic carbocycles. The van der Waals surface area contributed by atoms with Crippen LogP contribution in [0.1, 0.15) is 37.5 Å². The van der Waals surface area contributed by atoms with Gasteiger partial charge in [-0.25, -0.2) is 0 Å². The second kappa shape index (κ2) is 4.27. The Hall–Kier alpha value is -1.57. The van der Waals surface area contributed by atoms with Crippen molar-refractivity contribution in [2.45, 2.75) is 34.1 Å². The minimum absolute atomic E-state index is 0.107. The van der Waals surface area contributed by atoms with Gasteiger partial charge in [-0.05, 0) is 35.6 Å². The van der Waals surface area contributed by atoms with Crippen LogP contribution in [-0.2, 0) is 11.2 Å². The number of aryl methyl sites for hydroxylation is 1. The minimum atomic E-state index is -0.107. The molecule has 0 amide bonds. The second-order valence-electron chi connectivity index (χ2n) is 5.88. The maximum Gasteiger partial charge on any atom is 0.163 e. The van der Waals surface area contributed by atoms with E-state index < -0.39 is 0 Å². The Labute approximate surface area is 109 Å². The minimum Gasteiger partial charge on any atom is -0.496 e. The maximum atomic E-state index is 12.3. The van der Waals surface area contributed by atoms with Crippen molar-refractivity contribution in [1.29, 1.82) is 0 Å². The predicted molar refractivity (Wildman–Crippen MR) is 73.9 cm³/mol. The molecule has 18 heavy (non-hydrogen) atoms. The van der Waals surface area contributed by atoms with E-state index in [9.17, 15) is 4.79 Å². The summed E-state index contributed by atoms with van der Waals surface area (Å²) < 4.78 is 5.36. The van der Waals surface area contributed by atoms with Crippen LogP contribution < -0.4 is 4.74 Å². The summed E-state index contributed by atoms with van der Waals surface area (Å²) in [5, 5.41) is 0. The summed E-state index contributed by atoms with van der Waals surface area (Å²) in [5.74, 6) is 1.02. The zero-order chi connectivity index (χ0) is 13.5. The molecule has 0 atom stereocenters. The monoisotopic (exact) mass is 244 g/mol. The van der Waals surface area contributed by atoms with Gasteiger partial charge < -0.3 is 4.74 Å². The van der Waals surface area contributed by atoms with Crippen LogP contribution in [0.3, 0.4) is 0 Å². The van der Waals surface area contributed by atoms with Crippen molar-refractivity contribution in [1.82, 2.24) is 0 Å². The number of hydrogen-bond acceptors (Lipinski definition) is 2. The van der Waals surface area contributed by atoms with Gasteiger partial charge in [0.25, 0.3) is 0 Å². The molecule has 0 fully saturated rings. The summed E-state index contributed by atoms with van der Waals surface area (Å²) >= 11 is 0. The highest BCUT2D eigenvalue weighted by Gasteiger charge is 2.29. The van der Waals surface area contributed by atoms with E-state index >= 15 is 0 Å². The molecule has 0 radical (unpaired) electrons. The number of allylic oxidation sites excluding steroid dienone is 1. The fraction of sp³-hybridized carbons (Fsp3) is 0.438. The Balaban J connectivity index is 2.65. The third kappa shape index (κ3) is 2.07. The van der Waals surface area contributed by atoms with Gasteiger partial charge in [-0.2, -0.15) is 0 Å². The first-order chi connectivity index (χ1) is 8.34. The Bertz CT molecular complexity index is 531. The van der Waals surface area contributed by atoms with Crippen LogP contribution in [-0.4, -0.2) is 12.9 Å². The molecule has 1 aliphatic rings. The molecule has 0 unspecified atom stereocenters. The van der Waals surface area contributed by atoms with Gasteiger partial charge in [0.2, 0.25) is 0 Å². The first-order valence-corrected chi connectivity index (χ1v) is 6.26. The number of benzene rings is 1. The average molecular weight is 244 g/mol. The van der Waals surface area contributed by atoms with Crippen LogP contribution in [0, 0.1) is 12.3 Å². The number of Topliss-reactive ketones (excluding diaryl/α,β-unsaturated/α-hetero) is 1. The van der Waals surface area contributed by atoms with Gasteiger partial charge >= 0.3 is 0 Å². The van der Waals surface area contributed by atoms with Gasteiger partial charge in [0.15, 0.2) is 5.78 Å². The van der Waals surface area contributed by atoms with Gasteiger partial charge in [0.1, 0.15) is 5.75 Å². The first kappa shape index (κ1) is 12.9. The predicted octanol–water partition coefficient (Wildman–Crippen LogP) is 3.56. The Kier molecular flexibility index (Phi) is 3.05. The highest BCUT2D eigenvalue weighted by molar-refractivity contribution is 6.05. The second-order valence-corrected chi connectivity index (χ2v) is 5.88. The van der Waals surface area contributed by atoms with Crippen LogP contribution in [0.5, 0.6) is 5.75 Å². The van der Waals surface area contributed by atoms with Gasteiger partial charge in [-0.1, -0.05) is 26.8 Å². The van der Waals surface area contributed by atoms with E-state index in [1.165, 1.54) is 5.56 Å². The molecule has 2 rings (SSSR count). The van der Waals surface area contributed by atoms with Crippen molar-refractivity contribution in [2.75, 3.05) is 7.11 Å². The average Bonchev–Trinajstić information content (AvgIpc) is 2.27. The van der Waals surface area contributed by atoms with E-state index in [4.69, 9.17) is 4.74 Å². The van der Waals surface area contributed by atoms with Gasteiger partial charge in [-0.15, -0.1) is 0 Å². The third-order valence-electron chi connectivity index (χ3n) is 3.49. The molecule has 0 spiro atoms. The quantitative estimate of drug-likeness (QED) is 0.755. The van der Waals surface area contributed by atoms with E-state index in [1.54, 1.807) is 7.11 Å². The number of ketones is 1. The summed E-state index contributed by atoms with van der Waals surface area (Å²) in [7, 11) is 1.65. The number of methoxy groups -OCH3 is 1. The lowest BCUT2D eigenvalue weighted by molar-refractivity contribution is -0.115. The molecule has 0 aromatic heterocycles. The van der Waals surface area contributed by atoms with Crippen LogP contribution in [0.15, 0.2) is 17.7 Å². The van der Waals surface area contributed by atoms with Gasteiger partial charge in [0.05, 0.1) is 7.11 Å². The standard InChI is InChI=1S/C16H20O2/c1-10-6-7-15(18-5)12-9-14(17)13(8-11(10)12)16(2,3)4/h6-8H,9H2,1-5H3. The first-order valence-electron chi connectivity index (χ1n) is 6.26. The summed E-state index contributed by atoms with van der Waals surface area (Å²) in [6.07, 6.45) is 2.49. The number of rotatable bonds is 1. The van der Waals surface area contributed by atoms with E-state index in [2.05, 4.69) is 27.7 Å². The molecule has 0 N–H and O–H groups in total. The molecule has 2 nitrogen and oxygen atoms in total. The van der Waals surface area contributed by atoms with Crippen molar-refractivity contribution >= 4 is 11.9 Å². The van der Waals surface area contributed by atoms with Crippen molar-refractivity contribution < 1.29 is 9.53 Å². The molecular formula is C16H20O2. The number of carbonyl (C=O) groups is 1. The third-order valence-corrected chi connectivity index (χ3v) is 3.49. The molecule has 0 bridgehead atoms. The summed E-state index contributed by atoms with van der Waals surface area (Å²) in [6, 6.07) is 3.99. The Morgan fingerprint density at radius 2 is 1.89 bits per heavy atom. The van der Waals surface area contributed by atoms with Gasteiger partial charge in [-0.3, -0.25) is 4.79 Å². The summed E-state index contributed by atoms with van der Waals surface area (Å²) in [5.41, 5.74) is 4.17. The normalized spacial score (nSPS) is 15.2. The fourth-order valence-corrected chi connectivity index (χ4v) is 2.45. The Morgan fingerprint density at radius 1 is 1.22 bits per heavy atom. The van der Waals surface area contributed by atoms with Gasteiger partial charge in [0, 0.05) is 17.6 Å². The van der Waals surface area contributed by atoms with E-state index in [0.717, 1.165) is 22.4 Å². The number of fused-ring (bicyclic) bond motifs is 1. The molecule has 0 heterocycles. The number of ether oxygens (including phenoxy) is 1. The van der Waals surface area contributed by atoms with Crippen molar-refractivity contribution in [3.8, 4) is 5.75 Å². The lowest BCUT2D eigenvalue weighted by Crippen LogP contribution is -2.23. The van der Waals surface area contributed by atoms with E-state index in [1.807, 2.05) is 18.2 Å².